The topological polar surface area (TPSA) is 75.7 Å². The summed E-state index contributed by atoms with van der Waals surface area (Å²) in [6, 6.07) is 15.8. The molecule has 6 nitrogen and oxygen atoms in total. The van der Waals surface area contributed by atoms with E-state index in [-0.39, 0.29) is 29.5 Å². The van der Waals surface area contributed by atoms with E-state index in [1.54, 1.807) is 24.3 Å². The van der Waals surface area contributed by atoms with Crippen LogP contribution in [0.5, 0.6) is 11.5 Å². The Balaban J connectivity index is 1.47. The van der Waals surface area contributed by atoms with Crippen molar-refractivity contribution in [3.05, 3.63) is 60.2 Å². The van der Waals surface area contributed by atoms with Gasteiger partial charge in [-0.15, -0.1) is 0 Å². The van der Waals surface area contributed by atoms with Crippen LogP contribution in [0.1, 0.15) is 23.2 Å². The molecule has 0 bridgehead atoms. The lowest BCUT2D eigenvalue weighted by molar-refractivity contribution is 0.0918. The molecule has 7 heteroatoms. The molecule has 0 unspecified atom stereocenters. The zero-order chi connectivity index (χ0) is 19.6. The van der Waals surface area contributed by atoms with Crippen LogP contribution in [-0.4, -0.2) is 55.9 Å². The van der Waals surface area contributed by atoms with Gasteiger partial charge in [0.15, 0.2) is 9.84 Å². The third kappa shape index (κ3) is 4.36. The molecule has 2 aromatic rings. The van der Waals surface area contributed by atoms with Gasteiger partial charge in [-0.1, -0.05) is 24.3 Å². The highest BCUT2D eigenvalue weighted by molar-refractivity contribution is 7.91. The van der Waals surface area contributed by atoms with Gasteiger partial charge in [0.2, 0.25) is 0 Å². The molecule has 148 valence electrons. The summed E-state index contributed by atoms with van der Waals surface area (Å²) in [6.07, 6.45) is 2.16. The molecule has 0 spiro atoms. The number of carbonyl (C=O) groups is 1. The first-order valence-corrected chi connectivity index (χ1v) is 11.4. The van der Waals surface area contributed by atoms with E-state index in [0.717, 1.165) is 25.9 Å². The van der Waals surface area contributed by atoms with Crippen LogP contribution in [0.4, 0.5) is 0 Å². The highest BCUT2D eigenvalue weighted by Crippen LogP contribution is 2.24. The molecular formula is C21H24N2O4S. The average molecular weight is 401 g/mol. The number of sulfone groups is 1. The first-order valence-electron chi connectivity index (χ1n) is 9.58. The first kappa shape index (κ1) is 19.0. The summed E-state index contributed by atoms with van der Waals surface area (Å²) in [5, 5.41) is 2.95. The molecule has 2 heterocycles. The molecule has 2 aromatic carbocycles. The fourth-order valence-corrected chi connectivity index (χ4v) is 5.93. The number of ether oxygens (including phenoxy) is 1. The second kappa shape index (κ2) is 7.93. The Morgan fingerprint density at radius 1 is 0.964 bits per heavy atom. The number of hydrogen-bond acceptors (Lipinski definition) is 5. The fourth-order valence-electron chi connectivity index (χ4n) is 3.98. The van der Waals surface area contributed by atoms with Crippen molar-refractivity contribution in [1.82, 2.24) is 10.2 Å². The Morgan fingerprint density at radius 3 is 2.43 bits per heavy atom. The lowest BCUT2D eigenvalue weighted by atomic mass is 10.1. The summed E-state index contributed by atoms with van der Waals surface area (Å²) >= 11 is 0. The van der Waals surface area contributed by atoms with Gasteiger partial charge in [-0.2, -0.15) is 0 Å². The quantitative estimate of drug-likeness (QED) is 0.835. The minimum Gasteiger partial charge on any atom is -0.457 e. The van der Waals surface area contributed by atoms with Gasteiger partial charge in [0.25, 0.3) is 5.91 Å². The van der Waals surface area contributed by atoms with Gasteiger partial charge >= 0.3 is 0 Å². The Labute approximate surface area is 165 Å². The largest absolute Gasteiger partial charge is 0.457 e. The minimum absolute atomic E-state index is 0.000112. The lowest BCUT2D eigenvalue weighted by Crippen LogP contribution is -2.50. The zero-order valence-electron chi connectivity index (χ0n) is 15.6. The number of likely N-dealkylation sites (tertiary alicyclic amines) is 1. The Bertz CT molecular complexity index is 940. The zero-order valence-corrected chi connectivity index (χ0v) is 16.4. The van der Waals surface area contributed by atoms with E-state index >= 15 is 0 Å². The molecule has 2 aliphatic rings. The third-order valence-corrected chi connectivity index (χ3v) is 7.04. The fraction of sp³-hybridized carbons (Fsp3) is 0.381. The van der Waals surface area contributed by atoms with Crippen LogP contribution in [0.3, 0.4) is 0 Å². The van der Waals surface area contributed by atoms with E-state index in [9.17, 15) is 13.2 Å². The van der Waals surface area contributed by atoms with E-state index in [0.29, 0.717) is 17.1 Å². The molecule has 2 atom stereocenters. The maximum Gasteiger partial charge on any atom is 0.251 e. The van der Waals surface area contributed by atoms with Gasteiger partial charge in [0.05, 0.1) is 17.5 Å². The predicted octanol–water partition coefficient (Wildman–Crippen LogP) is 2.47. The van der Waals surface area contributed by atoms with Crippen LogP contribution < -0.4 is 10.1 Å². The number of para-hydroxylation sites is 1. The minimum atomic E-state index is -3.14. The van der Waals surface area contributed by atoms with Crippen molar-refractivity contribution in [2.75, 3.05) is 24.6 Å². The van der Waals surface area contributed by atoms with Crippen LogP contribution in [0, 0.1) is 0 Å². The number of rotatable bonds is 5. The maximum absolute atomic E-state index is 12.8. The van der Waals surface area contributed by atoms with Crippen molar-refractivity contribution in [2.24, 2.45) is 0 Å². The summed E-state index contributed by atoms with van der Waals surface area (Å²) in [7, 11) is -3.14. The van der Waals surface area contributed by atoms with E-state index in [4.69, 9.17) is 4.74 Å². The molecule has 0 aromatic heterocycles. The third-order valence-electron chi connectivity index (χ3n) is 5.32. The number of benzene rings is 2. The van der Waals surface area contributed by atoms with Crippen molar-refractivity contribution in [3.8, 4) is 11.5 Å². The van der Waals surface area contributed by atoms with Crippen molar-refractivity contribution >= 4 is 15.7 Å². The monoisotopic (exact) mass is 400 g/mol. The van der Waals surface area contributed by atoms with Crippen LogP contribution in [0.2, 0.25) is 0 Å². The van der Waals surface area contributed by atoms with Crippen molar-refractivity contribution in [2.45, 2.75) is 24.9 Å². The molecule has 4 rings (SSSR count). The van der Waals surface area contributed by atoms with Crippen molar-refractivity contribution in [3.63, 3.8) is 0 Å². The number of hydrogen-bond donors (Lipinski definition) is 1. The second-order valence-electron chi connectivity index (χ2n) is 7.41. The Kier molecular flexibility index (Phi) is 5.37. The molecular weight excluding hydrogens is 376 g/mol. The van der Waals surface area contributed by atoms with Gasteiger partial charge in [-0.25, -0.2) is 8.42 Å². The van der Waals surface area contributed by atoms with Crippen LogP contribution in [0.15, 0.2) is 54.6 Å². The predicted molar refractivity (Wildman–Crippen MR) is 107 cm³/mol. The van der Waals surface area contributed by atoms with Crippen LogP contribution in [0.25, 0.3) is 0 Å². The van der Waals surface area contributed by atoms with Gasteiger partial charge in [-0.3, -0.25) is 9.69 Å². The number of carbonyl (C=O) groups excluding carboxylic acids is 1. The van der Waals surface area contributed by atoms with Crippen molar-refractivity contribution in [1.29, 1.82) is 0 Å². The molecule has 0 radical (unpaired) electrons. The maximum atomic E-state index is 12.8. The van der Waals surface area contributed by atoms with Gasteiger partial charge < -0.3 is 10.1 Å². The standard InChI is InChI=1S/C21H24N2O4S/c24-21(16-7-6-10-18(13-16)27-17-8-2-1-3-9-17)22-19-14-28(25,26)15-20(19)23-11-4-5-12-23/h1-3,6-10,13,19-20H,4-5,11-12,14-15H2,(H,22,24)/t19-,20-/m1/s1. The van der Waals surface area contributed by atoms with Crippen LogP contribution >= 0.6 is 0 Å². The van der Waals surface area contributed by atoms with Gasteiger partial charge in [0.1, 0.15) is 11.5 Å². The number of amides is 1. The van der Waals surface area contributed by atoms with E-state index in [2.05, 4.69) is 10.2 Å². The number of nitrogens with one attached hydrogen (secondary N) is 1. The van der Waals surface area contributed by atoms with Crippen LogP contribution in [-0.2, 0) is 9.84 Å². The average Bonchev–Trinajstić information content (AvgIpc) is 3.30. The van der Waals surface area contributed by atoms with Gasteiger partial charge in [-0.05, 0) is 56.3 Å². The first-order chi connectivity index (χ1) is 13.5. The Morgan fingerprint density at radius 2 is 1.68 bits per heavy atom. The molecule has 1 amide bonds. The van der Waals surface area contributed by atoms with Gasteiger partial charge in [0, 0.05) is 11.6 Å². The summed E-state index contributed by atoms with van der Waals surface area (Å²) < 4.78 is 30.2. The summed E-state index contributed by atoms with van der Waals surface area (Å²) in [5.74, 6) is 1.10. The second-order valence-corrected chi connectivity index (χ2v) is 9.56. The van der Waals surface area contributed by atoms with Crippen molar-refractivity contribution < 1.29 is 17.9 Å². The highest BCUT2D eigenvalue weighted by atomic mass is 32.2. The molecule has 0 saturated carbocycles. The molecule has 2 aliphatic heterocycles. The normalized spacial score (nSPS) is 24.1. The molecule has 0 aliphatic carbocycles. The summed E-state index contributed by atoms with van der Waals surface area (Å²) in [4.78, 5) is 15.0. The summed E-state index contributed by atoms with van der Waals surface area (Å²) in [5.41, 5.74) is 0.456. The SMILES string of the molecule is O=C(N[C@@H]1CS(=O)(=O)C[C@H]1N1CCCC1)c1cccc(Oc2ccccc2)c1. The van der Waals surface area contributed by atoms with E-state index in [1.807, 2.05) is 30.3 Å². The van der Waals surface area contributed by atoms with E-state index < -0.39 is 9.84 Å². The molecule has 2 fully saturated rings. The number of nitrogens with zero attached hydrogens (tertiary/aromatic N) is 1. The summed E-state index contributed by atoms with van der Waals surface area (Å²) in [6.45, 7) is 1.79. The molecule has 1 N–H and O–H groups in total. The lowest BCUT2D eigenvalue weighted by Gasteiger charge is -2.28. The smallest absolute Gasteiger partial charge is 0.251 e. The molecule has 2 saturated heterocycles. The Hall–Kier alpha value is -2.38. The van der Waals surface area contributed by atoms with E-state index in [1.165, 1.54) is 0 Å². The molecule has 28 heavy (non-hydrogen) atoms. The highest BCUT2D eigenvalue weighted by Gasteiger charge is 2.42.